The van der Waals surface area contributed by atoms with Crippen LogP contribution in [0.2, 0.25) is 0 Å². The second-order valence-corrected chi connectivity index (χ2v) is 15.7. The van der Waals surface area contributed by atoms with Gasteiger partial charge in [-0.2, -0.15) is 0 Å². The molecule has 0 aliphatic heterocycles. The molecule has 316 valence electrons. The Kier molecular flexibility index (Phi) is 37.8. The standard InChI is InChI=1S/C45H78NO8P/c1-5-7-9-11-13-15-17-19-20-21-22-23-24-26-28-30-32-34-36-38-45(48)54-43(42-53-55(49,50)52-40-39-46(3)4)41-51-44(47)37-35-33-31-29-27-25-18-16-14-12-10-8-6-2/h7,9,13,15,19-20,22-23,26,28,32,34,43H,5-6,8,10-12,14,16-18,21,24-25,27,29-31,33,35-42H2,1-4H3,(H,49,50)/b9-7-,15-13-,20-19-,23-22-,28-26-,34-32-/t43-/m1/s1. The van der Waals surface area contributed by atoms with Gasteiger partial charge in [0.15, 0.2) is 6.10 Å². The van der Waals surface area contributed by atoms with Gasteiger partial charge in [-0.15, -0.1) is 0 Å². The van der Waals surface area contributed by atoms with Crippen LogP contribution in [0.4, 0.5) is 0 Å². The predicted molar refractivity (Wildman–Crippen MR) is 226 cm³/mol. The van der Waals surface area contributed by atoms with Crippen LogP contribution in [0, 0.1) is 0 Å². The molecule has 0 radical (unpaired) electrons. The summed E-state index contributed by atoms with van der Waals surface area (Å²) in [4.78, 5) is 38.3. The van der Waals surface area contributed by atoms with E-state index in [4.69, 9.17) is 18.5 Å². The van der Waals surface area contributed by atoms with Crippen LogP contribution >= 0.6 is 7.82 Å². The minimum Gasteiger partial charge on any atom is -0.756 e. The average Bonchev–Trinajstić information content (AvgIpc) is 3.15. The van der Waals surface area contributed by atoms with Crippen LogP contribution in [0.5, 0.6) is 0 Å². The van der Waals surface area contributed by atoms with E-state index in [0.717, 1.165) is 62.7 Å². The maximum atomic E-state index is 12.6. The topological polar surface area (TPSA) is 116 Å². The third kappa shape index (κ3) is 40.9. The second kappa shape index (κ2) is 39.7. The molecule has 0 fully saturated rings. The molecule has 0 bridgehead atoms. The summed E-state index contributed by atoms with van der Waals surface area (Å²) in [6.45, 7) is 4.04. The third-order valence-corrected chi connectivity index (χ3v) is 9.56. The van der Waals surface area contributed by atoms with Gasteiger partial charge in [0.1, 0.15) is 19.8 Å². The number of esters is 2. The molecule has 0 spiro atoms. The van der Waals surface area contributed by atoms with Crippen LogP contribution in [-0.2, 0) is 32.7 Å². The summed E-state index contributed by atoms with van der Waals surface area (Å²) in [5.74, 6) is -0.934. The van der Waals surface area contributed by atoms with Crippen molar-refractivity contribution in [1.29, 1.82) is 0 Å². The quantitative estimate of drug-likeness (QED) is 0.0285. The van der Waals surface area contributed by atoms with E-state index in [0.29, 0.717) is 13.0 Å². The Morgan fingerprint density at radius 2 is 1.04 bits per heavy atom. The van der Waals surface area contributed by atoms with Crippen molar-refractivity contribution in [3.8, 4) is 0 Å². The lowest BCUT2D eigenvalue weighted by Gasteiger charge is -2.25. The predicted octanol–water partition coefficient (Wildman–Crippen LogP) is 10.0. The lowest BCUT2D eigenvalue weighted by molar-refractivity contribution is -0.858. The number of phosphoric ester groups is 1. The molecule has 0 heterocycles. The first-order chi connectivity index (χ1) is 26.7. The zero-order valence-corrected chi connectivity index (χ0v) is 36.0. The summed E-state index contributed by atoms with van der Waals surface area (Å²) in [5.41, 5.74) is 0. The van der Waals surface area contributed by atoms with Crippen molar-refractivity contribution in [3.63, 3.8) is 0 Å². The molecular weight excluding hydrogens is 713 g/mol. The van der Waals surface area contributed by atoms with E-state index in [1.54, 1.807) is 0 Å². The van der Waals surface area contributed by atoms with Crippen LogP contribution < -0.4 is 9.79 Å². The second-order valence-electron chi connectivity index (χ2n) is 14.3. The molecule has 10 heteroatoms. The fraction of sp³-hybridized carbons (Fsp3) is 0.689. The first kappa shape index (κ1) is 52.5. The van der Waals surface area contributed by atoms with Crippen molar-refractivity contribution in [3.05, 3.63) is 72.9 Å². The lowest BCUT2D eigenvalue weighted by Crippen LogP contribution is -3.06. The molecule has 0 amide bonds. The zero-order chi connectivity index (χ0) is 40.5. The van der Waals surface area contributed by atoms with Crippen LogP contribution in [-0.4, -0.2) is 58.5 Å². The minimum atomic E-state index is -4.62. The van der Waals surface area contributed by atoms with Crippen LogP contribution in [0.1, 0.15) is 155 Å². The van der Waals surface area contributed by atoms with E-state index in [1.807, 2.05) is 26.2 Å². The highest BCUT2D eigenvalue weighted by Gasteiger charge is 2.21. The van der Waals surface area contributed by atoms with Crippen LogP contribution in [0.15, 0.2) is 72.9 Å². The van der Waals surface area contributed by atoms with Gasteiger partial charge in [0.05, 0.1) is 20.7 Å². The number of allylic oxidation sites excluding steroid dienone is 12. The number of ether oxygens (including phenoxy) is 2. The fourth-order valence-corrected chi connectivity index (χ4v) is 6.06. The number of quaternary nitrogens is 1. The number of hydrogen-bond donors (Lipinski definition) is 1. The van der Waals surface area contributed by atoms with Crippen molar-refractivity contribution in [2.75, 3.05) is 40.5 Å². The Balaban J connectivity index is 4.45. The molecule has 9 nitrogen and oxygen atoms in total. The number of likely N-dealkylation sites (N-methyl/N-ethyl adjacent to an activating group) is 1. The highest BCUT2D eigenvalue weighted by atomic mass is 31.2. The Morgan fingerprint density at radius 1 is 0.582 bits per heavy atom. The summed E-state index contributed by atoms with van der Waals surface area (Å²) in [5, 5.41) is 0. The van der Waals surface area contributed by atoms with E-state index in [-0.39, 0.29) is 26.1 Å². The van der Waals surface area contributed by atoms with Crippen molar-refractivity contribution < 1.29 is 42.5 Å². The largest absolute Gasteiger partial charge is 0.756 e. The van der Waals surface area contributed by atoms with Gasteiger partial charge in [0.25, 0.3) is 7.82 Å². The first-order valence-corrected chi connectivity index (χ1v) is 22.8. The Hall–Kier alpha value is -2.55. The van der Waals surface area contributed by atoms with Crippen molar-refractivity contribution >= 4 is 19.8 Å². The van der Waals surface area contributed by atoms with Gasteiger partial charge in [-0.3, -0.25) is 14.2 Å². The number of hydrogen-bond acceptors (Lipinski definition) is 8. The molecule has 0 rings (SSSR count). The zero-order valence-electron chi connectivity index (χ0n) is 35.1. The van der Waals surface area contributed by atoms with E-state index in [9.17, 15) is 19.0 Å². The SMILES string of the molecule is CC/C=C\C/C=C\C/C=C\C/C=C\C/C=C\C/C=C\CCC(=O)O[C@H](COC(=O)CCCCCCCCCCCCCCC)COP(=O)([O-])OCC[NH+](C)C. The Bertz CT molecular complexity index is 1140. The highest BCUT2D eigenvalue weighted by Crippen LogP contribution is 2.38. The molecular formula is C45H78NO8P. The monoisotopic (exact) mass is 792 g/mol. The summed E-state index contributed by atoms with van der Waals surface area (Å²) < 4.78 is 33.0. The van der Waals surface area contributed by atoms with Crippen molar-refractivity contribution in [2.45, 2.75) is 161 Å². The van der Waals surface area contributed by atoms with Crippen molar-refractivity contribution in [2.24, 2.45) is 0 Å². The van der Waals surface area contributed by atoms with Crippen LogP contribution in [0.25, 0.3) is 0 Å². The van der Waals surface area contributed by atoms with E-state index < -0.39 is 32.5 Å². The molecule has 0 saturated heterocycles. The summed E-state index contributed by atoms with van der Waals surface area (Å²) in [6, 6.07) is 0. The number of carbonyl (C=O) groups is 2. The molecule has 0 saturated carbocycles. The number of unbranched alkanes of at least 4 members (excludes halogenated alkanes) is 12. The van der Waals surface area contributed by atoms with E-state index >= 15 is 0 Å². The summed E-state index contributed by atoms with van der Waals surface area (Å²) in [6.07, 6.45) is 46.6. The van der Waals surface area contributed by atoms with Gasteiger partial charge < -0.3 is 28.3 Å². The summed E-state index contributed by atoms with van der Waals surface area (Å²) >= 11 is 0. The molecule has 0 aliphatic rings. The Morgan fingerprint density at radius 3 is 1.51 bits per heavy atom. The molecule has 1 N–H and O–H groups in total. The number of carbonyl (C=O) groups excluding carboxylic acids is 2. The lowest BCUT2D eigenvalue weighted by atomic mass is 10.0. The normalized spacial score (nSPS) is 14.1. The number of rotatable bonds is 38. The van der Waals surface area contributed by atoms with Gasteiger partial charge in [-0.1, -0.05) is 164 Å². The third-order valence-electron chi connectivity index (χ3n) is 8.59. The van der Waals surface area contributed by atoms with Gasteiger partial charge in [0, 0.05) is 12.8 Å². The number of nitrogens with one attached hydrogen (secondary N) is 1. The highest BCUT2D eigenvalue weighted by molar-refractivity contribution is 7.45. The van der Waals surface area contributed by atoms with Gasteiger partial charge in [-0.25, -0.2) is 0 Å². The maximum absolute atomic E-state index is 12.6. The number of phosphoric acid groups is 1. The van der Waals surface area contributed by atoms with E-state index in [2.05, 4.69) is 74.6 Å². The van der Waals surface area contributed by atoms with Crippen molar-refractivity contribution in [1.82, 2.24) is 0 Å². The van der Waals surface area contributed by atoms with Gasteiger partial charge in [-0.05, 0) is 51.4 Å². The molecule has 0 aromatic carbocycles. The molecule has 0 aliphatic carbocycles. The molecule has 2 atom stereocenters. The smallest absolute Gasteiger partial charge is 0.306 e. The fourth-order valence-electron chi connectivity index (χ4n) is 5.32. The molecule has 55 heavy (non-hydrogen) atoms. The van der Waals surface area contributed by atoms with E-state index in [1.165, 1.54) is 64.2 Å². The maximum Gasteiger partial charge on any atom is 0.306 e. The first-order valence-electron chi connectivity index (χ1n) is 21.3. The average molecular weight is 792 g/mol. The van der Waals surface area contributed by atoms with Crippen LogP contribution in [0.3, 0.4) is 0 Å². The molecule has 0 aromatic rings. The molecule has 1 unspecified atom stereocenters. The minimum absolute atomic E-state index is 0.0341. The van der Waals surface area contributed by atoms with Gasteiger partial charge >= 0.3 is 11.9 Å². The summed E-state index contributed by atoms with van der Waals surface area (Å²) in [7, 11) is -0.865. The Labute approximate surface area is 336 Å². The molecule has 0 aromatic heterocycles. The van der Waals surface area contributed by atoms with Gasteiger partial charge in [0.2, 0.25) is 0 Å².